The number of carbonyl (C=O) groups is 1. The summed E-state index contributed by atoms with van der Waals surface area (Å²) in [7, 11) is 0. The topological polar surface area (TPSA) is 47.8 Å². The Hall–Kier alpha value is -2.70. The molecule has 1 fully saturated rings. The van der Waals surface area contributed by atoms with Crippen LogP contribution in [0.2, 0.25) is 0 Å². The van der Waals surface area contributed by atoms with Gasteiger partial charge in [-0.05, 0) is 42.5 Å². The SMILES string of the molecule is O=C[C@H](C1CC1)n1ncc2ncc(-c3ccc(F)c(C(F)F)c3)cc21. The third kappa shape index (κ3) is 2.79. The van der Waals surface area contributed by atoms with Crippen molar-refractivity contribution >= 4 is 17.3 Å². The first-order chi connectivity index (χ1) is 12.1. The summed E-state index contributed by atoms with van der Waals surface area (Å²) in [5.74, 6) is -0.659. The summed E-state index contributed by atoms with van der Waals surface area (Å²) < 4.78 is 41.0. The zero-order valence-electron chi connectivity index (χ0n) is 13.1. The number of alkyl halides is 2. The van der Waals surface area contributed by atoms with E-state index in [1.54, 1.807) is 16.9 Å². The van der Waals surface area contributed by atoms with Gasteiger partial charge in [-0.15, -0.1) is 0 Å². The first-order valence-corrected chi connectivity index (χ1v) is 7.95. The van der Waals surface area contributed by atoms with Gasteiger partial charge >= 0.3 is 0 Å². The van der Waals surface area contributed by atoms with Crippen molar-refractivity contribution < 1.29 is 18.0 Å². The molecule has 4 nitrogen and oxygen atoms in total. The summed E-state index contributed by atoms with van der Waals surface area (Å²) >= 11 is 0. The standard InChI is InChI=1S/C18H14F3N3O/c19-14-4-3-11(5-13(14)18(20)21)12-6-16-15(22-7-12)8-23-24(16)17(9-25)10-1-2-10/h3-10,17-18H,1-2H2/t17-/m1/s1. The molecule has 0 N–H and O–H groups in total. The van der Waals surface area contributed by atoms with Gasteiger partial charge in [0.25, 0.3) is 6.43 Å². The first-order valence-electron chi connectivity index (χ1n) is 7.95. The van der Waals surface area contributed by atoms with Gasteiger partial charge in [0, 0.05) is 11.8 Å². The molecule has 1 saturated carbocycles. The van der Waals surface area contributed by atoms with E-state index >= 15 is 0 Å². The molecule has 2 heterocycles. The lowest BCUT2D eigenvalue weighted by molar-refractivity contribution is -0.111. The Labute approximate surface area is 141 Å². The van der Waals surface area contributed by atoms with Crippen LogP contribution >= 0.6 is 0 Å². The fourth-order valence-corrected chi connectivity index (χ4v) is 3.02. The maximum absolute atomic E-state index is 13.5. The second-order valence-electron chi connectivity index (χ2n) is 6.22. The van der Waals surface area contributed by atoms with Crippen molar-refractivity contribution in [2.45, 2.75) is 25.3 Å². The Kier molecular flexibility index (Phi) is 3.78. The van der Waals surface area contributed by atoms with E-state index in [9.17, 15) is 18.0 Å². The van der Waals surface area contributed by atoms with Crippen LogP contribution in [0.25, 0.3) is 22.2 Å². The van der Waals surface area contributed by atoms with Gasteiger partial charge in [-0.1, -0.05) is 6.07 Å². The van der Waals surface area contributed by atoms with Gasteiger partial charge in [-0.2, -0.15) is 5.10 Å². The van der Waals surface area contributed by atoms with Crippen LogP contribution < -0.4 is 0 Å². The van der Waals surface area contributed by atoms with Gasteiger partial charge in [-0.3, -0.25) is 9.67 Å². The Bertz CT molecular complexity index is 950. The lowest BCUT2D eigenvalue weighted by Gasteiger charge is -2.12. The average Bonchev–Trinajstić information content (AvgIpc) is 3.36. The van der Waals surface area contributed by atoms with Crippen LogP contribution in [0, 0.1) is 11.7 Å². The van der Waals surface area contributed by atoms with Crippen molar-refractivity contribution in [1.82, 2.24) is 14.8 Å². The molecule has 0 spiro atoms. The van der Waals surface area contributed by atoms with Crippen molar-refractivity contribution in [2.24, 2.45) is 5.92 Å². The Balaban J connectivity index is 1.81. The van der Waals surface area contributed by atoms with E-state index < -0.39 is 17.8 Å². The minimum Gasteiger partial charge on any atom is -0.301 e. The van der Waals surface area contributed by atoms with Crippen LogP contribution in [0.5, 0.6) is 0 Å². The number of aldehydes is 1. The molecule has 1 aliphatic rings. The number of hydrogen-bond donors (Lipinski definition) is 0. The summed E-state index contributed by atoms with van der Waals surface area (Å²) in [5, 5.41) is 4.27. The summed E-state index contributed by atoms with van der Waals surface area (Å²) in [5.41, 5.74) is 1.64. The smallest absolute Gasteiger partial charge is 0.266 e. The first kappa shape index (κ1) is 15.8. The summed E-state index contributed by atoms with van der Waals surface area (Å²) in [6.07, 6.45) is 3.05. The Morgan fingerprint density at radius 2 is 1.96 bits per heavy atom. The van der Waals surface area contributed by atoms with E-state index in [4.69, 9.17) is 0 Å². The molecule has 0 radical (unpaired) electrons. The number of aromatic nitrogens is 3. The van der Waals surface area contributed by atoms with Gasteiger partial charge in [0.15, 0.2) is 0 Å². The molecular weight excluding hydrogens is 331 g/mol. The fraction of sp³-hybridized carbons (Fsp3) is 0.278. The lowest BCUT2D eigenvalue weighted by atomic mass is 10.0. The second-order valence-corrected chi connectivity index (χ2v) is 6.22. The molecule has 4 rings (SSSR count). The number of pyridine rings is 1. The van der Waals surface area contributed by atoms with E-state index in [0.717, 1.165) is 31.3 Å². The quantitative estimate of drug-likeness (QED) is 0.647. The molecule has 7 heteroatoms. The Morgan fingerprint density at radius 1 is 1.16 bits per heavy atom. The fourth-order valence-electron chi connectivity index (χ4n) is 3.02. The zero-order chi connectivity index (χ0) is 17.6. The predicted molar refractivity (Wildman–Crippen MR) is 85.7 cm³/mol. The van der Waals surface area contributed by atoms with Crippen molar-refractivity contribution in [1.29, 1.82) is 0 Å². The highest BCUT2D eigenvalue weighted by Crippen LogP contribution is 2.39. The number of fused-ring (bicyclic) bond motifs is 1. The van der Waals surface area contributed by atoms with Crippen molar-refractivity contribution in [3.63, 3.8) is 0 Å². The zero-order valence-corrected chi connectivity index (χ0v) is 13.1. The van der Waals surface area contributed by atoms with Gasteiger partial charge in [0.05, 0.1) is 17.3 Å². The van der Waals surface area contributed by atoms with Crippen molar-refractivity contribution in [3.8, 4) is 11.1 Å². The summed E-state index contributed by atoms with van der Waals surface area (Å²) in [6.45, 7) is 0. The Morgan fingerprint density at radius 3 is 2.64 bits per heavy atom. The van der Waals surface area contributed by atoms with E-state index in [1.165, 1.54) is 12.3 Å². The van der Waals surface area contributed by atoms with E-state index in [1.807, 2.05) is 0 Å². The monoisotopic (exact) mass is 345 g/mol. The van der Waals surface area contributed by atoms with Gasteiger partial charge in [0.1, 0.15) is 23.7 Å². The van der Waals surface area contributed by atoms with E-state index in [0.29, 0.717) is 22.2 Å². The highest BCUT2D eigenvalue weighted by Gasteiger charge is 2.33. The normalized spacial score (nSPS) is 15.7. The maximum Gasteiger partial charge on any atom is 0.266 e. The summed E-state index contributed by atoms with van der Waals surface area (Å²) in [4.78, 5) is 15.7. The molecule has 0 saturated heterocycles. The predicted octanol–water partition coefficient (Wildman–Crippen LogP) is 4.33. The van der Waals surface area contributed by atoms with Gasteiger partial charge in [0.2, 0.25) is 0 Å². The molecule has 1 atom stereocenters. The van der Waals surface area contributed by atoms with E-state index in [-0.39, 0.29) is 12.0 Å². The van der Waals surface area contributed by atoms with Crippen molar-refractivity contribution in [3.05, 3.63) is 48.0 Å². The minimum atomic E-state index is -2.89. The highest BCUT2D eigenvalue weighted by atomic mass is 19.3. The molecule has 0 amide bonds. The molecule has 0 aliphatic heterocycles. The minimum absolute atomic E-state index is 0.278. The van der Waals surface area contributed by atoms with Crippen LogP contribution in [0.3, 0.4) is 0 Å². The second kappa shape index (κ2) is 5.98. The van der Waals surface area contributed by atoms with Crippen LogP contribution in [0.15, 0.2) is 36.7 Å². The lowest BCUT2D eigenvalue weighted by Crippen LogP contribution is -2.13. The number of nitrogens with zero attached hydrogens (tertiary/aromatic N) is 3. The van der Waals surface area contributed by atoms with Crippen LogP contribution in [-0.2, 0) is 4.79 Å². The molecule has 0 bridgehead atoms. The average molecular weight is 345 g/mol. The van der Waals surface area contributed by atoms with Crippen molar-refractivity contribution in [2.75, 3.05) is 0 Å². The number of benzene rings is 1. The number of carbonyl (C=O) groups excluding carboxylic acids is 1. The molecule has 1 aliphatic carbocycles. The molecule has 128 valence electrons. The largest absolute Gasteiger partial charge is 0.301 e. The summed E-state index contributed by atoms with van der Waals surface area (Å²) in [6, 6.07) is 4.98. The van der Waals surface area contributed by atoms with Crippen LogP contribution in [0.1, 0.15) is 30.9 Å². The number of hydrogen-bond acceptors (Lipinski definition) is 3. The molecule has 3 aromatic rings. The van der Waals surface area contributed by atoms with Gasteiger partial charge < -0.3 is 4.79 Å². The molecular formula is C18H14F3N3O. The van der Waals surface area contributed by atoms with Crippen LogP contribution in [0.4, 0.5) is 13.2 Å². The highest BCUT2D eigenvalue weighted by molar-refractivity contribution is 5.81. The molecule has 0 unspecified atom stereocenters. The molecule has 2 aromatic heterocycles. The number of rotatable bonds is 5. The molecule has 25 heavy (non-hydrogen) atoms. The molecule has 1 aromatic carbocycles. The van der Waals surface area contributed by atoms with Gasteiger partial charge in [-0.25, -0.2) is 13.2 Å². The maximum atomic E-state index is 13.5. The number of halogens is 3. The van der Waals surface area contributed by atoms with E-state index in [2.05, 4.69) is 10.1 Å². The third-order valence-electron chi connectivity index (χ3n) is 4.54. The van der Waals surface area contributed by atoms with Crippen LogP contribution in [-0.4, -0.2) is 21.1 Å². The third-order valence-corrected chi connectivity index (χ3v) is 4.54.